The molecule has 1 saturated heterocycles. The summed E-state index contributed by atoms with van der Waals surface area (Å²) in [6.45, 7) is 5.36. The molecule has 3 aromatic rings. The Balaban J connectivity index is 1.65. The summed E-state index contributed by atoms with van der Waals surface area (Å²) in [6, 6.07) is 6.18. The second-order valence-corrected chi connectivity index (χ2v) is 8.74. The van der Waals surface area contributed by atoms with Crippen molar-refractivity contribution in [2.75, 3.05) is 49.8 Å². The molecule has 2 N–H and O–H groups in total. The maximum absolute atomic E-state index is 12.2. The Morgan fingerprint density at radius 3 is 2.66 bits per heavy atom. The van der Waals surface area contributed by atoms with Gasteiger partial charge in [0.15, 0.2) is 0 Å². The molecule has 0 spiro atoms. The van der Waals surface area contributed by atoms with Crippen molar-refractivity contribution in [3.63, 3.8) is 0 Å². The number of piperidine rings is 1. The lowest BCUT2D eigenvalue weighted by molar-refractivity contribution is -0.111. The van der Waals surface area contributed by atoms with Crippen molar-refractivity contribution in [1.82, 2.24) is 24.6 Å². The molecule has 2 aromatic heterocycles. The molecule has 1 aliphatic heterocycles. The van der Waals surface area contributed by atoms with Gasteiger partial charge in [-0.05, 0) is 45.1 Å². The van der Waals surface area contributed by atoms with Crippen LogP contribution in [0.1, 0.15) is 12.8 Å². The van der Waals surface area contributed by atoms with Gasteiger partial charge in [-0.15, -0.1) is 0 Å². The number of nitrogens with one attached hydrogen (secondary N) is 2. The summed E-state index contributed by atoms with van der Waals surface area (Å²) in [4.78, 5) is 25.8. The van der Waals surface area contributed by atoms with E-state index in [4.69, 9.17) is 4.74 Å². The Kier molecular flexibility index (Phi) is 7.31. The van der Waals surface area contributed by atoms with E-state index >= 15 is 0 Å². The Morgan fingerprint density at radius 1 is 1.26 bits per heavy atom. The van der Waals surface area contributed by atoms with E-state index in [1.807, 2.05) is 31.4 Å². The summed E-state index contributed by atoms with van der Waals surface area (Å²) in [5.74, 6) is 0.757. The summed E-state index contributed by atoms with van der Waals surface area (Å²) in [5, 5.41) is 10.4. The second kappa shape index (κ2) is 10.6. The van der Waals surface area contributed by atoms with Gasteiger partial charge in [-0.3, -0.25) is 9.48 Å². The normalized spacial score (nSPS) is 14.1. The zero-order chi connectivity index (χ0) is 24.9. The Hall–Kier alpha value is -3.92. The molecule has 0 atom stereocenters. The van der Waals surface area contributed by atoms with Crippen LogP contribution in [-0.2, 0) is 11.8 Å². The minimum Gasteiger partial charge on any atom is -0.494 e. The monoisotopic (exact) mass is 476 g/mol. The number of anilines is 4. The van der Waals surface area contributed by atoms with Crippen LogP contribution in [0.3, 0.4) is 0 Å². The number of rotatable bonds is 8. The topological polar surface area (TPSA) is 100 Å². The van der Waals surface area contributed by atoms with E-state index in [0.717, 1.165) is 42.9 Å². The van der Waals surface area contributed by atoms with Crippen molar-refractivity contribution in [3.05, 3.63) is 49.4 Å². The Bertz CT molecular complexity index is 1200. The summed E-state index contributed by atoms with van der Waals surface area (Å²) < 4.78 is 7.44. The minimum atomic E-state index is -0.277. The molecule has 10 nitrogen and oxygen atoms in total. The number of ether oxygens (including phenoxy) is 1. The van der Waals surface area contributed by atoms with Crippen LogP contribution in [0.25, 0.3) is 11.3 Å². The van der Waals surface area contributed by atoms with Crippen LogP contribution in [0.5, 0.6) is 5.75 Å². The Labute approximate surface area is 205 Å². The molecule has 0 radical (unpaired) electrons. The van der Waals surface area contributed by atoms with Crippen molar-refractivity contribution in [1.29, 1.82) is 0 Å². The van der Waals surface area contributed by atoms with Gasteiger partial charge in [0.05, 0.1) is 36.1 Å². The molecule has 3 heterocycles. The highest BCUT2D eigenvalue weighted by Gasteiger charge is 2.24. The van der Waals surface area contributed by atoms with Gasteiger partial charge >= 0.3 is 0 Å². The predicted molar refractivity (Wildman–Crippen MR) is 138 cm³/mol. The fourth-order valence-electron chi connectivity index (χ4n) is 4.26. The molecule has 184 valence electrons. The number of nitrogens with zero attached hydrogens (tertiary/aromatic N) is 6. The van der Waals surface area contributed by atoms with Gasteiger partial charge in [0.1, 0.15) is 5.75 Å². The average molecular weight is 477 g/mol. The molecule has 0 aliphatic carbocycles. The molecule has 10 heteroatoms. The number of aromatic nitrogens is 4. The van der Waals surface area contributed by atoms with Gasteiger partial charge in [-0.25, -0.2) is 9.97 Å². The molecule has 0 bridgehead atoms. The van der Waals surface area contributed by atoms with Gasteiger partial charge in [-0.2, -0.15) is 5.10 Å². The van der Waals surface area contributed by atoms with Crippen LogP contribution in [0.4, 0.5) is 23.0 Å². The lowest BCUT2D eigenvalue weighted by atomic mass is 10.0. The highest BCUT2D eigenvalue weighted by Crippen LogP contribution is 2.39. The maximum Gasteiger partial charge on any atom is 0.247 e. The number of aryl methyl sites for hydroxylation is 1. The molecule has 35 heavy (non-hydrogen) atoms. The predicted octanol–water partition coefficient (Wildman–Crippen LogP) is 3.28. The largest absolute Gasteiger partial charge is 0.494 e. The zero-order valence-electron chi connectivity index (χ0n) is 20.7. The van der Waals surface area contributed by atoms with Crippen LogP contribution in [0, 0.1) is 0 Å². The molecular weight excluding hydrogens is 444 g/mol. The first-order chi connectivity index (χ1) is 16.9. The van der Waals surface area contributed by atoms with Crippen molar-refractivity contribution in [3.8, 4) is 17.0 Å². The zero-order valence-corrected chi connectivity index (χ0v) is 20.7. The molecule has 0 saturated carbocycles. The number of hydrogen-bond donors (Lipinski definition) is 2. The first-order valence-corrected chi connectivity index (χ1v) is 11.5. The summed E-state index contributed by atoms with van der Waals surface area (Å²) in [5.41, 5.74) is 3.85. The first-order valence-electron chi connectivity index (χ1n) is 11.5. The molecule has 1 amide bonds. The fourth-order valence-corrected chi connectivity index (χ4v) is 4.26. The first kappa shape index (κ1) is 24.2. The van der Waals surface area contributed by atoms with Gasteiger partial charge < -0.3 is 25.2 Å². The standard InChI is InChI=1S/C25H32N8O2/c1-6-24(34)28-20-13-21(30-25-26-10-7-19(29-25)17-15-27-32(4)16-17)23(35-5)14-22(20)33-11-8-18(9-12-33)31(2)3/h6-7,10,13-16,18H,1,8-9,11-12H2,2-5H3,(H,28,34)(H,26,29,30). The SMILES string of the molecule is C=CC(=O)Nc1cc(Nc2nccc(-c3cnn(C)c3)n2)c(OC)cc1N1CCC(N(C)C)CC1. The molecule has 1 aliphatic rings. The number of carbonyl (C=O) groups excluding carboxylic acids is 1. The van der Waals surface area contributed by atoms with Crippen molar-refractivity contribution < 1.29 is 9.53 Å². The molecular formula is C25H32N8O2. The van der Waals surface area contributed by atoms with E-state index in [9.17, 15) is 4.79 Å². The van der Waals surface area contributed by atoms with Crippen LogP contribution in [0.15, 0.2) is 49.4 Å². The van der Waals surface area contributed by atoms with Crippen LogP contribution >= 0.6 is 0 Å². The molecule has 1 fully saturated rings. The van der Waals surface area contributed by atoms with E-state index in [2.05, 4.69) is 56.2 Å². The summed E-state index contributed by atoms with van der Waals surface area (Å²) >= 11 is 0. The lowest BCUT2D eigenvalue weighted by Crippen LogP contribution is -2.42. The average Bonchev–Trinajstić information content (AvgIpc) is 3.30. The molecule has 0 unspecified atom stereocenters. The number of amides is 1. The van der Waals surface area contributed by atoms with Gasteiger partial charge in [0.2, 0.25) is 11.9 Å². The fraction of sp³-hybridized carbons (Fsp3) is 0.360. The highest BCUT2D eigenvalue weighted by atomic mass is 16.5. The van der Waals surface area contributed by atoms with Gasteiger partial charge in [0.25, 0.3) is 0 Å². The third-order valence-corrected chi connectivity index (χ3v) is 6.20. The molecule has 1 aromatic carbocycles. The van der Waals surface area contributed by atoms with Gasteiger partial charge in [0, 0.05) is 50.2 Å². The van der Waals surface area contributed by atoms with Crippen molar-refractivity contribution >= 4 is 28.9 Å². The molecule has 4 rings (SSSR count). The second-order valence-electron chi connectivity index (χ2n) is 8.74. The smallest absolute Gasteiger partial charge is 0.247 e. The maximum atomic E-state index is 12.2. The van der Waals surface area contributed by atoms with E-state index in [-0.39, 0.29) is 5.91 Å². The number of carbonyl (C=O) groups is 1. The Morgan fingerprint density at radius 2 is 2.03 bits per heavy atom. The van der Waals surface area contributed by atoms with E-state index in [1.54, 1.807) is 24.2 Å². The van der Waals surface area contributed by atoms with Crippen LogP contribution in [0.2, 0.25) is 0 Å². The number of methoxy groups -OCH3 is 1. The van der Waals surface area contributed by atoms with E-state index in [0.29, 0.717) is 29.1 Å². The third kappa shape index (κ3) is 5.60. The summed E-state index contributed by atoms with van der Waals surface area (Å²) in [7, 11) is 7.71. The highest BCUT2D eigenvalue weighted by molar-refractivity contribution is 6.02. The van der Waals surface area contributed by atoms with Crippen LogP contribution in [-0.4, -0.2) is 70.9 Å². The number of hydrogen-bond acceptors (Lipinski definition) is 8. The minimum absolute atomic E-state index is 0.277. The number of benzene rings is 1. The van der Waals surface area contributed by atoms with Gasteiger partial charge in [-0.1, -0.05) is 6.58 Å². The quantitative estimate of drug-likeness (QED) is 0.478. The lowest BCUT2D eigenvalue weighted by Gasteiger charge is -2.37. The van der Waals surface area contributed by atoms with E-state index in [1.165, 1.54) is 6.08 Å². The summed E-state index contributed by atoms with van der Waals surface area (Å²) in [6.07, 6.45) is 8.68. The third-order valence-electron chi connectivity index (χ3n) is 6.20. The van der Waals surface area contributed by atoms with Crippen molar-refractivity contribution in [2.24, 2.45) is 7.05 Å². The van der Waals surface area contributed by atoms with Crippen LogP contribution < -0.4 is 20.3 Å². The van der Waals surface area contributed by atoms with Crippen molar-refractivity contribution in [2.45, 2.75) is 18.9 Å². The van der Waals surface area contributed by atoms with E-state index < -0.39 is 0 Å².